The van der Waals surface area contributed by atoms with E-state index in [1.807, 2.05) is 19.1 Å². The van der Waals surface area contributed by atoms with Crippen LogP contribution >= 0.6 is 0 Å². The van der Waals surface area contributed by atoms with Gasteiger partial charge in [-0.2, -0.15) is 13.2 Å². The second-order valence-electron chi connectivity index (χ2n) is 9.89. The van der Waals surface area contributed by atoms with E-state index >= 15 is 0 Å². The van der Waals surface area contributed by atoms with Gasteiger partial charge in [0.05, 0.1) is 24.5 Å². The van der Waals surface area contributed by atoms with Crippen molar-refractivity contribution in [2.75, 3.05) is 36.5 Å². The highest BCUT2D eigenvalue weighted by Gasteiger charge is 2.33. The molecule has 0 bridgehead atoms. The molecule has 1 aliphatic heterocycles. The number of amides is 1. The number of alkyl halides is 3. The number of pyridine rings is 2. The summed E-state index contributed by atoms with van der Waals surface area (Å²) in [4.78, 5) is 22.8. The Labute approximate surface area is 225 Å². The van der Waals surface area contributed by atoms with E-state index in [9.17, 15) is 23.1 Å². The summed E-state index contributed by atoms with van der Waals surface area (Å²) in [5.74, 6) is 5.42. The average molecular weight is 539 g/mol. The van der Waals surface area contributed by atoms with Crippen LogP contribution in [-0.2, 0) is 10.9 Å². The summed E-state index contributed by atoms with van der Waals surface area (Å²) in [6, 6.07) is 9.22. The molecule has 0 saturated carbocycles. The van der Waals surface area contributed by atoms with Crippen molar-refractivity contribution in [1.82, 2.24) is 9.97 Å². The van der Waals surface area contributed by atoms with Crippen molar-refractivity contribution < 1.29 is 27.8 Å². The van der Waals surface area contributed by atoms with Crippen molar-refractivity contribution in [2.45, 2.75) is 39.0 Å². The number of aryl methyl sites for hydroxylation is 1. The van der Waals surface area contributed by atoms with Crippen LogP contribution in [0.2, 0.25) is 0 Å². The maximum absolute atomic E-state index is 13.0. The lowest BCUT2D eigenvalue weighted by molar-refractivity contribution is -0.141. The Morgan fingerprint density at radius 2 is 1.87 bits per heavy atom. The first-order valence-electron chi connectivity index (χ1n) is 12.4. The molecule has 1 aliphatic rings. The fourth-order valence-corrected chi connectivity index (χ4v) is 4.03. The zero-order chi connectivity index (χ0) is 28.2. The summed E-state index contributed by atoms with van der Waals surface area (Å²) in [7, 11) is 0. The number of hydrogen-bond acceptors (Lipinski definition) is 6. The molecule has 0 unspecified atom stereocenters. The number of nitrogens with zero attached hydrogens (tertiary/aromatic N) is 3. The summed E-state index contributed by atoms with van der Waals surface area (Å²) in [5, 5.41) is 12.7. The lowest BCUT2D eigenvalue weighted by Crippen LogP contribution is -2.36. The molecule has 204 valence electrons. The normalized spacial score (nSPS) is 14.0. The van der Waals surface area contributed by atoms with Gasteiger partial charge >= 0.3 is 6.18 Å². The Balaban J connectivity index is 1.65. The minimum absolute atomic E-state index is 0.148. The third-order valence-electron chi connectivity index (χ3n) is 6.07. The third kappa shape index (κ3) is 7.34. The summed E-state index contributed by atoms with van der Waals surface area (Å²) in [5.41, 5.74) is 2.17. The van der Waals surface area contributed by atoms with Gasteiger partial charge in [0.15, 0.2) is 0 Å². The minimum Gasteiger partial charge on any atom is -0.389 e. The smallest absolute Gasteiger partial charge is 0.389 e. The molecule has 7 nitrogen and oxygen atoms in total. The van der Waals surface area contributed by atoms with Gasteiger partial charge in [0, 0.05) is 48.7 Å². The number of anilines is 2. The van der Waals surface area contributed by atoms with Gasteiger partial charge in [-0.25, -0.2) is 4.98 Å². The molecule has 0 spiro atoms. The number of nitrogens with one attached hydrogen (secondary N) is 1. The van der Waals surface area contributed by atoms with Crippen LogP contribution < -0.4 is 10.2 Å². The molecule has 2 aromatic heterocycles. The van der Waals surface area contributed by atoms with Gasteiger partial charge < -0.3 is 20.1 Å². The van der Waals surface area contributed by atoms with Crippen molar-refractivity contribution in [2.24, 2.45) is 0 Å². The topological polar surface area (TPSA) is 87.6 Å². The van der Waals surface area contributed by atoms with Gasteiger partial charge in [0.25, 0.3) is 5.91 Å². The first-order chi connectivity index (χ1) is 18.4. The Hall–Kier alpha value is -3.94. The van der Waals surface area contributed by atoms with E-state index < -0.39 is 23.4 Å². The number of hydrogen-bond donors (Lipinski definition) is 2. The minimum atomic E-state index is -4.65. The standard InChI is InChI=1S/C29H29F3N4O3/c1-19-6-7-22(35-27(37)20-8-10-33-26(16-20)29(30,31)32)17-23(19)21-15-25(36-11-13-39-14-12-36)24(34-18-21)5-4-9-28(2,3)38/h6-8,10,15-18,38H,9,11-14H2,1-3H3,(H,35,37). The van der Waals surface area contributed by atoms with Crippen LogP contribution in [-0.4, -0.2) is 52.9 Å². The number of benzene rings is 1. The molecular formula is C29H29F3N4O3. The Morgan fingerprint density at radius 3 is 2.56 bits per heavy atom. The van der Waals surface area contributed by atoms with Gasteiger partial charge in [-0.3, -0.25) is 9.78 Å². The Bertz CT molecular complexity index is 1420. The third-order valence-corrected chi connectivity index (χ3v) is 6.07. The number of morpholine rings is 1. The highest BCUT2D eigenvalue weighted by molar-refractivity contribution is 6.04. The maximum atomic E-state index is 13.0. The van der Waals surface area contributed by atoms with E-state index in [0.29, 0.717) is 44.1 Å². The van der Waals surface area contributed by atoms with Crippen LogP contribution in [0.15, 0.2) is 48.8 Å². The average Bonchev–Trinajstić information content (AvgIpc) is 2.89. The van der Waals surface area contributed by atoms with Gasteiger partial charge in [-0.1, -0.05) is 12.0 Å². The molecule has 1 aromatic carbocycles. The van der Waals surface area contributed by atoms with E-state index in [1.54, 1.807) is 32.2 Å². The number of aliphatic hydroxyl groups is 1. The molecule has 0 atom stereocenters. The van der Waals surface area contributed by atoms with E-state index in [0.717, 1.165) is 34.6 Å². The second-order valence-corrected chi connectivity index (χ2v) is 9.89. The van der Waals surface area contributed by atoms with Gasteiger partial charge in [0.2, 0.25) is 0 Å². The van der Waals surface area contributed by atoms with Crippen LogP contribution in [0.1, 0.15) is 47.6 Å². The van der Waals surface area contributed by atoms with Gasteiger partial charge in [0.1, 0.15) is 11.4 Å². The van der Waals surface area contributed by atoms with Gasteiger partial charge in [-0.05, 0) is 68.2 Å². The van der Waals surface area contributed by atoms with Crippen molar-refractivity contribution in [3.8, 4) is 23.0 Å². The Morgan fingerprint density at radius 1 is 1.13 bits per heavy atom. The highest BCUT2D eigenvalue weighted by Crippen LogP contribution is 2.32. The highest BCUT2D eigenvalue weighted by atomic mass is 19.4. The molecule has 4 rings (SSSR count). The fraction of sp³-hybridized carbons (Fsp3) is 0.345. The molecule has 10 heteroatoms. The first kappa shape index (κ1) is 28.1. The quantitative estimate of drug-likeness (QED) is 0.441. The van der Waals surface area contributed by atoms with Crippen LogP contribution in [0, 0.1) is 18.8 Å². The largest absolute Gasteiger partial charge is 0.433 e. The lowest BCUT2D eigenvalue weighted by Gasteiger charge is -2.29. The SMILES string of the molecule is Cc1ccc(NC(=O)c2ccnc(C(F)(F)F)c2)cc1-c1cnc(C#CCC(C)(C)O)c(N2CCOCC2)c1. The monoisotopic (exact) mass is 538 g/mol. The molecule has 1 fully saturated rings. The molecule has 0 radical (unpaired) electrons. The van der Waals surface area contributed by atoms with Crippen molar-refractivity contribution in [3.05, 3.63) is 71.3 Å². The molecule has 1 amide bonds. The zero-order valence-corrected chi connectivity index (χ0v) is 21.9. The lowest BCUT2D eigenvalue weighted by atomic mass is 10.00. The molecule has 3 heterocycles. The van der Waals surface area contributed by atoms with Crippen molar-refractivity contribution in [3.63, 3.8) is 0 Å². The second kappa shape index (κ2) is 11.4. The molecule has 3 aromatic rings. The summed E-state index contributed by atoms with van der Waals surface area (Å²) >= 11 is 0. The van der Waals surface area contributed by atoms with Gasteiger partial charge in [-0.15, -0.1) is 0 Å². The summed E-state index contributed by atoms with van der Waals surface area (Å²) in [6.07, 6.45) is -1.70. The molecule has 39 heavy (non-hydrogen) atoms. The number of ether oxygens (including phenoxy) is 1. The fourth-order valence-electron chi connectivity index (χ4n) is 4.03. The maximum Gasteiger partial charge on any atom is 0.433 e. The zero-order valence-electron chi connectivity index (χ0n) is 21.9. The van der Waals surface area contributed by atoms with Crippen molar-refractivity contribution >= 4 is 17.3 Å². The summed E-state index contributed by atoms with van der Waals surface area (Å²) in [6.45, 7) is 7.81. The number of aromatic nitrogens is 2. The number of carbonyl (C=O) groups excluding carboxylic acids is 1. The van der Waals surface area contributed by atoms with Crippen LogP contribution in [0.4, 0.5) is 24.5 Å². The Kier molecular flexibility index (Phi) is 8.23. The predicted molar refractivity (Wildman–Crippen MR) is 142 cm³/mol. The van der Waals surface area contributed by atoms with Crippen LogP contribution in [0.3, 0.4) is 0 Å². The number of rotatable bonds is 5. The number of carbonyl (C=O) groups is 1. The van der Waals surface area contributed by atoms with E-state index in [4.69, 9.17) is 4.74 Å². The molecule has 1 saturated heterocycles. The first-order valence-corrected chi connectivity index (χ1v) is 12.4. The number of halogens is 3. The summed E-state index contributed by atoms with van der Waals surface area (Å²) < 4.78 is 44.6. The molecular weight excluding hydrogens is 509 g/mol. The molecule has 0 aliphatic carbocycles. The van der Waals surface area contributed by atoms with E-state index in [1.165, 1.54) is 6.07 Å². The van der Waals surface area contributed by atoms with Crippen LogP contribution in [0.25, 0.3) is 11.1 Å². The predicted octanol–water partition coefficient (Wildman–Crippen LogP) is 5.07. The van der Waals surface area contributed by atoms with E-state index in [2.05, 4.69) is 32.0 Å². The van der Waals surface area contributed by atoms with Crippen LogP contribution in [0.5, 0.6) is 0 Å². The molecule has 2 N–H and O–H groups in total. The van der Waals surface area contributed by atoms with E-state index in [-0.39, 0.29) is 5.56 Å². The van der Waals surface area contributed by atoms with Crippen molar-refractivity contribution in [1.29, 1.82) is 0 Å².